The Labute approximate surface area is 141 Å². The van der Waals surface area contributed by atoms with E-state index in [2.05, 4.69) is 5.32 Å². The number of anilines is 1. The lowest BCUT2D eigenvalue weighted by Gasteiger charge is -2.41. The van der Waals surface area contributed by atoms with Gasteiger partial charge in [-0.15, -0.1) is 0 Å². The number of halogens is 1. The lowest BCUT2D eigenvalue weighted by Crippen LogP contribution is -2.53. The molecule has 1 N–H and O–H groups in total. The van der Waals surface area contributed by atoms with Crippen molar-refractivity contribution in [3.05, 3.63) is 23.5 Å². The second kappa shape index (κ2) is 5.79. The molecule has 3 rings (SSSR count). The largest absolute Gasteiger partial charge is 0.370 e. The average molecular weight is 356 g/mol. The molecule has 1 aromatic carbocycles. The molecule has 0 bridgehead atoms. The van der Waals surface area contributed by atoms with Gasteiger partial charge in [0.15, 0.2) is 0 Å². The Balaban J connectivity index is 2.00. The van der Waals surface area contributed by atoms with Crippen LogP contribution >= 0.6 is 0 Å². The highest BCUT2D eigenvalue weighted by Gasteiger charge is 2.39. The summed E-state index contributed by atoms with van der Waals surface area (Å²) in [7, 11) is -3.98. The first-order chi connectivity index (χ1) is 11.1. The van der Waals surface area contributed by atoms with Crippen LogP contribution in [0.4, 0.5) is 10.1 Å². The van der Waals surface area contributed by atoms with Gasteiger partial charge in [0.1, 0.15) is 10.7 Å². The molecule has 0 aliphatic carbocycles. The number of benzene rings is 1. The number of rotatable bonds is 2. The predicted molar refractivity (Wildman–Crippen MR) is 86.7 cm³/mol. The molecule has 0 radical (unpaired) electrons. The highest BCUT2D eigenvalue weighted by atomic mass is 32.2. The lowest BCUT2D eigenvalue weighted by molar-refractivity contribution is -0.116. The van der Waals surface area contributed by atoms with E-state index in [-0.39, 0.29) is 36.4 Å². The molecule has 1 amide bonds. The molecule has 2 heterocycles. The number of aryl methyl sites for hydroxylation is 1. The summed E-state index contributed by atoms with van der Waals surface area (Å²) in [6, 6.07) is 2.43. The van der Waals surface area contributed by atoms with E-state index in [1.54, 1.807) is 6.92 Å². The van der Waals surface area contributed by atoms with E-state index in [4.69, 9.17) is 4.74 Å². The van der Waals surface area contributed by atoms with Crippen LogP contribution in [-0.2, 0) is 26.0 Å². The van der Waals surface area contributed by atoms with Gasteiger partial charge in [0.25, 0.3) is 0 Å². The number of hydrogen-bond donors (Lipinski definition) is 1. The maximum Gasteiger partial charge on any atom is 0.246 e. The molecule has 0 saturated carbocycles. The second-order valence-electron chi connectivity index (χ2n) is 6.97. The van der Waals surface area contributed by atoms with Crippen molar-refractivity contribution in [2.24, 2.45) is 0 Å². The number of ether oxygens (including phenoxy) is 1. The number of amides is 1. The first-order valence-electron chi connectivity index (χ1n) is 7.89. The predicted octanol–water partition coefficient (Wildman–Crippen LogP) is 1.90. The van der Waals surface area contributed by atoms with Crippen LogP contribution in [0.15, 0.2) is 17.0 Å². The SMILES string of the molecule is C[C@@H]1CN(S(=O)(=O)c2cc3c(cc2F)NC(=O)CC3)CC(C)(C)O1. The Bertz CT molecular complexity index is 792. The van der Waals surface area contributed by atoms with Gasteiger partial charge < -0.3 is 10.1 Å². The summed E-state index contributed by atoms with van der Waals surface area (Å²) in [4.78, 5) is 11.1. The molecule has 0 unspecified atom stereocenters. The van der Waals surface area contributed by atoms with Crippen molar-refractivity contribution in [1.29, 1.82) is 0 Å². The van der Waals surface area contributed by atoms with Crippen LogP contribution in [-0.4, -0.2) is 43.4 Å². The Hall–Kier alpha value is -1.51. The fourth-order valence-electron chi connectivity index (χ4n) is 3.29. The van der Waals surface area contributed by atoms with Crippen LogP contribution in [0.2, 0.25) is 0 Å². The molecule has 1 saturated heterocycles. The highest BCUT2D eigenvalue weighted by Crippen LogP contribution is 2.32. The van der Waals surface area contributed by atoms with E-state index >= 15 is 0 Å². The van der Waals surface area contributed by atoms with Gasteiger partial charge in [-0.25, -0.2) is 12.8 Å². The number of carbonyl (C=O) groups excluding carboxylic acids is 1. The molecule has 2 aliphatic heterocycles. The topological polar surface area (TPSA) is 75.7 Å². The summed E-state index contributed by atoms with van der Waals surface area (Å²) in [5.74, 6) is -1.05. The summed E-state index contributed by atoms with van der Waals surface area (Å²) in [6.45, 7) is 5.75. The molecular formula is C16H21FN2O4S. The number of hydrogen-bond acceptors (Lipinski definition) is 4. The number of sulfonamides is 1. The molecule has 2 aliphatic rings. The zero-order valence-electron chi connectivity index (χ0n) is 13.9. The van der Waals surface area contributed by atoms with Gasteiger partial charge in [0, 0.05) is 25.2 Å². The fourth-order valence-corrected chi connectivity index (χ4v) is 5.06. The van der Waals surface area contributed by atoms with Gasteiger partial charge in [0.05, 0.1) is 11.7 Å². The molecule has 1 aromatic rings. The van der Waals surface area contributed by atoms with Crippen molar-refractivity contribution < 1.29 is 22.3 Å². The minimum Gasteiger partial charge on any atom is -0.370 e. The smallest absolute Gasteiger partial charge is 0.246 e. The van der Waals surface area contributed by atoms with E-state index in [0.717, 1.165) is 6.07 Å². The number of nitrogens with one attached hydrogen (secondary N) is 1. The minimum atomic E-state index is -3.98. The Morgan fingerprint density at radius 3 is 2.71 bits per heavy atom. The molecular weight excluding hydrogens is 335 g/mol. The van der Waals surface area contributed by atoms with E-state index in [1.807, 2.05) is 13.8 Å². The lowest BCUT2D eigenvalue weighted by atomic mass is 10.0. The maximum absolute atomic E-state index is 14.5. The van der Waals surface area contributed by atoms with Crippen LogP contribution in [0.25, 0.3) is 0 Å². The third kappa shape index (κ3) is 3.18. The Kier molecular flexibility index (Phi) is 4.17. The molecule has 1 fully saturated rings. The monoisotopic (exact) mass is 356 g/mol. The van der Waals surface area contributed by atoms with Crippen molar-refractivity contribution in [3.63, 3.8) is 0 Å². The number of carbonyl (C=O) groups is 1. The molecule has 1 atom stereocenters. The highest BCUT2D eigenvalue weighted by molar-refractivity contribution is 7.89. The van der Waals surface area contributed by atoms with E-state index in [0.29, 0.717) is 17.7 Å². The second-order valence-corrected chi connectivity index (χ2v) is 8.88. The third-order valence-corrected chi connectivity index (χ3v) is 6.04. The van der Waals surface area contributed by atoms with Gasteiger partial charge in [-0.3, -0.25) is 4.79 Å². The Morgan fingerprint density at radius 1 is 1.33 bits per heavy atom. The van der Waals surface area contributed by atoms with Crippen LogP contribution < -0.4 is 5.32 Å². The number of nitrogens with zero attached hydrogens (tertiary/aromatic N) is 1. The first kappa shape index (κ1) is 17.3. The van der Waals surface area contributed by atoms with Gasteiger partial charge in [-0.2, -0.15) is 4.31 Å². The first-order valence-corrected chi connectivity index (χ1v) is 9.33. The molecule has 0 spiro atoms. The standard InChI is InChI=1S/C16H21FN2O4S/c1-10-8-19(9-16(2,3)23-10)24(21,22)14-6-11-4-5-15(20)18-13(11)7-12(14)17/h6-7,10H,4-5,8-9H2,1-3H3,(H,18,20)/t10-/m1/s1. The molecule has 8 heteroatoms. The number of morpholine rings is 1. The molecule has 24 heavy (non-hydrogen) atoms. The van der Waals surface area contributed by atoms with Gasteiger partial charge >= 0.3 is 0 Å². The van der Waals surface area contributed by atoms with Gasteiger partial charge in [-0.1, -0.05) is 0 Å². The van der Waals surface area contributed by atoms with Crippen LogP contribution in [0, 0.1) is 5.82 Å². The quantitative estimate of drug-likeness (QED) is 0.878. The zero-order valence-corrected chi connectivity index (χ0v) is 14.7. The average Bonchev–Trinajstić information content (AvgIpc) is 2.44. The van der Waals surface area contributed by atoms with Gasteiger partial charge in [0.2, 0.25) is 15.9 Å². The summed E-state index contributed by atoms with van der Waals surface area (Å²) < 4.78 is 47.3. The summed E-state index contributed by atoms with van der Waals surface area (Å²) in [5, 5.41) is 2.57. The van der Waals surface area contributed by atoms with Crippen molar-refractivity contribution in [3.8, 4) is 0 Å². The normalized spacial score (nSPS) is 24.3. The van der Waals surface area contributed by atoms with E-state index in [9.17, 15) is 17.6 Å². The summed E-state index contributed by atoms with van der Waals surface area (Å²) in [6.07, 6.45) is 0.387. The number of fused-ring (bicyclic) bond motifs is 1. The van der Waals surface area contributed by atoms with Crippen molar-refractivity contribution >= 4 is 21.6 Å². The Morgan fingerprint density at radius 2 is 2.04 bits per heavy atom. The molecule has 6 nitrogen and oxygen atoms in total. The summed E-state index contributed by atoms with van der Waals surface area (Å²) >= 11 is 0. The van der Waals surface area contributed by atoms with Crippen LogP contribution in [0.1, 0.15) is 32.8 Å². The summed E-state index contributed by atoms with van der Waals surface area (Å²) in [5.41, 5.74) is 0.345. The van der Waals surface area contributed by atoms with Gasteiger partial charge in [-0.05, 0) is 44.9 Å². The van der Waals surface area contributed by atoms with Crippen molar-refractivity contribution in [2.45, 2.75) is 50.2 Å². The van der Waals surface area contributed by atoms with Crippen LogP contribution in [0.3, 0.4) is 0 Å². The maximum atomic E-state index is 14.5. The van der Waals surface area contributed by atoms with E-state index < -0.39 is 21.4 Å². The fraction of sp³-hybridized carbons (Fsp3) is 0.562. The van der Waals surface area contributed by atoms with Crippen molar-refractivity contribution in [1.82, 2.24) is 4.31 Å². The van der Waals surface area contributed by atoms with Crippen LogP contribution in [0.5, 0.6) is 0 Å². The minimum absolute atomic E-state index is 0.160. The molecule has 132 valence electrons. The molecule has 0 aromatic heterocycles. The third-order valence-electron chi connectivity index (χ3n) is 4.21. The van der Waals surface area contributed by atoms with E-state index in [1.165, 1.54) is 10.4 Å². The zero-order chi connectivity index (χ0) is 17.7. The van der Waals surface area contributed by atoms with Crippen molar-refractivity contribution in [2.75, 3.05) is 18.4 Å².